The van der Waals surface area contributed by atoms with Gasteiger partial charge < -0.3 is 9.84 Å². The minimum Gasteiger partial charge on any atom is -0.449 e. The predicted octanol–water partition coefficient (Wildman–Crippen LogP) is 6.07. The molecule has 2 aromatic carbocycles. The molecule has 10 heteroatoms. The van der Waals surface area contributed by atoms with Crippen molar-refractivity contribution in [3.63, 3.8) is 0 Å². The summed E-state index contributed by atoms with van der Waals surface area (Å²) < 4.78 is 43.7. The summed E-state index contributed by atoms with van der Waals surface area (Å²) in [7, 11) is 1.36. The van der Waals surface area contributed by atoms with Gasteiger partial charge in [0, 0.05) is 27.2 Å². The van der Waals surface area contributed by atoms with Gasteiger partial charge in [0.05, 0.1) is 0 Å². The molecule has 0 aromatic heterocycles. The molecule has 146 valence electrons. The van der Waals surface area contributed by atoms with E-state index in [9.17, 15) is 18.0 Å². The van der Waals surface area contributed by atoms with E-state index >= 15 is 0 Å². The van der Waals surface area contributed by atoms with Crippen molar-refractivity contribution < 1.29 is 27.8 Å². The molecule has 28 heavy (non-hydrogen) atoms. The molecular weight excluding hydrogens is 420 g/mol. The summed E-state index contributed by atoms with van der Waals surface area (Å²) in [5.41, 5.74) is -0.133. The van der Waals surface area contributed by atoms with E-state index in [0.717, 1.165) is 6.20 Å². The van der Waals surface area contributed by atoms with Gasteiger partial charge in [-0.25, -0.2) is 4.79 Å². The molecule has 1 heterocycles. The van der Waals surface area contributed by atoms with Crippen molar-refractivity contribution in [2.45, 2.75) is 6.18 Å². The van der Waals surface area contributed by atoms with Crippen molar-refractivity contribution in [3.8, 4) is 11.1 Å². The van der Waals surface area contributed by atoms with Gasteiger partial charge in [-0.2, -0.15) is 13.2 Å². The Morgan fingerprint density at radius 1 is 1.14 bits per heavy atom. The second-order valence-corrected chi connectivity index (χ2v) is 6.82. The summed E-state index contributed by atoms with van der Waals surface area (Å²) in [5.74, 6) is -0.894. The van der Waals surface area contributed by atoms with Gasteiger partial charge in [0.25, 0.3) is 0 Å². The van der Waals surface area contributed by atoms with E-state index in [4.69, 9.17) is 28.3 Å². The number of rotatable bonds is 3. The first-order valence-electron chi connectivity index (χ1n) is 7.74. The van der Waals surface area contributed by atoms with Crippen LogP contribution in [-0.2, 0) is 4.74 Å². The SMILES string of the molecule is C[N+]1(c2ccccc2-c2cc(Cl)ccc2Cl)C=C(OC(=O)O)C(C(F)(F)F)=N1. The first kappa shape index (κ1) is 20.2. The Labute approximate surface area is 167 Å². The van der Waals surface area contributed by atoms with Gasteiger partial charge in [-0.1, -0.05) is 40.4 Å². The minimum atomic E-state index is -4.90. The van der Waals surface area contributed by atoms with Crippen LogP contribution < -0.4 is 4.59 Å². The lowest BCUT2D eigenvalue weighted by molar-refractivity contribution is -0.0603. The minimum absolute atomic E-state index is 0.317. The number of hydrogen-bond donors (Lipinski definition) is 1. The monoisotopic (exact) mass is 431 g/mol. The number of hydrogen-bond acceptors (Lipinski definition) is 3. The number of ether oxygens (including phenoxy) is 1. The smallest absolute Gasteiger partial charge is 0.449 e. The molecule has 0 bridgehead atoms. The summed E-state index contributed by atoms with van der Waals surface area (Å²) in [6.07, 6.45) is -5.81. The lowest BCUT2D eigenvalue weighted by Crippen LogP contribution is -2.32. The highest BCUT2D eigenvalue weighted by Gasteiger charge is 2.50. The average Bonchev–Trinajstić information content (AvgIpc) is 2.94. The van der Waals surface area contributed by atoms with Gasteiger partial charge in [-0.15, -0.1) is 4.59 Å². The first-order chi connectivity index (χ1) is 13.0. The molecule has 1 unspecified atom stereocenters. The Kier molecular flexibility index (Phi) is 5.14. The predicted molar refractivity (Wildman–Crippen MR) is 100 cm³/mol. The Morgan fingerprint density at radius 3 is 2.46 bits per heavy atom. The number of halogens is 5. The molecule has 1 atom stereocenters. The topological polar surface area (TPSA) is 58.9 Å². The van der Waals surface area contributed by atoms with Gasteiger partial charge in [-0.05, 0) is 24.3 Å². The maximum absolute atomic E-state index is 13.4. The van der Waals surface area contributed by atoms with Gasteiger partial charge in [0.15, 0.2) is 11.9 Å². The average molecular weight is 432 g/mol. The molecule has 3 rings (SSSR count). The summed E-state index contributed by atoms with van der Waals surface area (Å²) in [5, 5.41) is 13.2. The molecule has 1 aliphatic rings. The Balaban J connectivity index is 2.21. The second kappa shape index (κ2) is 7.12. The highest BCUT2D eigenvalue weighted by atomic mass is 35.5. The van der Waals surface area contributed by atoms with E-state index in [1.54, 1.807) is 42.5 Å². The number of carboxylic acid groups (broad SMARTS) is 1. The van der Waals surface area contributed by atoms with Crippen molar-refractivity contribution in [3.05, 3.63) is 64.5 Å². The van der Waals surface area contributed by atoms with Crippen LogP contribution in [0.3, 0.4) is 0 Å². The first-order valence-corrected chi connectivity index (χ1v) is 8.49. The highest BCUT2D eigenvalue weighted by molar-refractivity contribution is 6.35. The fourth-order valence-electron chi connectivity index (χ4n) is 2.86. The van der Waals surface area contributed by atoms with Crippen LogP contribution in [0.25, 0.3) is 11.1 Å². The van der Waals surface area contributed by atoms with E-state index in [1.165, 1.54) is 7.05 Å². The zero-order valence-corrected chi connectivity index (χ0v) is 15.7. The number of allylic oxidation sites excluding steroid dienone is 1. The number of nitrogens with zero attached hydrogens (tertiary/aromatic N) is 2. The van der Waals surface area contributed by atoms with E-state index in [2.05, 4.69) is 9.84 Å². The Hall–Kier alpha value is -2.55. The molecule has 0 saturated carbocycles. The normalized spacial score (nSPS) is 19.2. The number of quaternary nitrogens is 1. The van der Waals surface area contributed by atoms with Crippen molar-refractivity contribution in [2.24, 2.45) is 5.10 Å². The molecule has 0 aliphatic carbocycles. The highest BCUT2D eigenvalue weighted by Crippen LogP contribution is 2.42. The maximum atomic E-state index is 13.4. The second-order valence-electron chi connectivity index (χ2n) is 5.98. The standard InChI is InChI=1S/C18H11Cl2F3N2O3/c1-25(9-15(28-17(26)27)16(24-25)18(21,22)23)14-5-3-2-4-11(14)12-8-10(19)6-7-13(12)20/h2-9H,1H3/p+1. The van der Waals surface area contributed by atoms with Gasteiger partial charge in [0.1, 0.15) is 7.05 Å². The maximum Gasteiger partial charge on any atom is 0.511 e. The van der Waals surface area contributed by atoms with Crippen LogP contribution in [0.5, 0.6) is 0 Å². The van der Waals surface area contributed by atoms with Crippen LogP contribution in [0.4, 0.5) is 23.7 Å². The van der Waals surface area contributed by atoms with E-state index < -0.39 is 28.4 Å². The molecule has 1 aliphatic heterocycles. The number of alkyl halides is 3. The van der Waals surface area contributed by atoms with Crippen LogP contribution in [0.15, 0.2) is 59.5 Å². The lowest BCUT2D eigenvalue weighted by Gasteiger charge is -2.23. The van der Waals surface area contributed by atoms with Crippen molar-refractivity contribution in [2.75, 3.05) is 7.05 Å². The van der Waals surface area contributed by atoms with Crippen LogP contribution in [0.1, 0.15) is 0 Å². The van der Waals surface area contributed by atoms with Crippen molar-refractivity contribution in [1.82, 2.24) is 4.59 Å². The summed E-state index contributed by atoms with van der Waals surface area (Å²) in [6.45, 7) is 0. The van der Waals surface area contributed by atoms with E-state index in [-0.39, 0.29) is 0 Å². The van der Waals surface area contributed by atoms with E-state index in [1.807, 2.05) is 0 Å². The third kappa shape index (κ3) is 3.84. The van der Waals surface area contributed by atoms with Gasteiger partial charge in [-0.3, -0.25) is 0 Å². The molecule has 2 aromatic rings. The molecule has 0 saturated heterocycles. The quantitative estimate of drug-likeness (QED) is 0.474. The molecule has 0 amide bonds. The number of benzene rings is 2. The molecule has 0 spiro atoms. The molecule has 0 fully saturated rings. The Morgan fingerprint density at radius 2 is 1.82 bits per heavy atom. The van der Waals surface area contributed by atoms with E-state index in [0.29, 0.717) is 26.9 Å². The molecule has 0 radical (unpaired) electrons. The fourth-order valence-corrected chi connectivity index (χ4v) is 3.26. The molecule has 5 nitrogen and oxygen atoms in total. The number of para-hydroxylation sites is 1. The van der Waals surface area contributed by atoms with Crippen LogP contribution in [0.2, 0.25) is 10.0 Å². The Bertz CT molecular complexity index is 1020. The fraction of sp³-hybridized carbons (Fsp3) is 0.111. The van der Waals surface area contributed by atoms with Gasteiger partial charge in [0.2, 0.25) is 11.5 Å². The summed E-state index contributed by atoms with van der Waals surface area (Å²) >= 11 is 12.3. The zero-order valence-electron chi connectivity index (χ0n) is 14.2. The summed E-state index contributed by atoms with van der Waals surface area (Å²) in [6, 6.07) is 11.3. The lowest BCUT2D eigenvalue weighted by atomic mass is 10.0. The zero-order chi connectivity index (χ0) is 20.7. The molecular formula is C18H12Cl2F3N2O3+. The van der Waals surface area contributed by atoms with Crippen LogP contribution >= 0.6 is 23.2 Å². The van der Waals surface area contributed by atoms with Crippen molar-refractivity contribution in [1.29, 1.82) is 0 Å². The third-order valence-electron chi connectivity index (χ3n) is 3.99. The van der Waals surface area contributed by atoms with Gasteiger partial charge >= 0.3 is 12.3 Å². The number of carbonyl (C=O) groups is 1. The largest absolute Gasteiger partial charge is 0.511 e. The summed E-state index contributed by atoms with van der Waals surface area (Å²) in [4.78, 5) is 10.8. The van der Waals surface area contributed by atoms with Crippen LogP contribution in [-0.4, -0.2) is 30.2 Å². The van der Waals surface area contributed by atoms with Crippen LogP contribution in [0, 0.1) is 0 Å². The van der Waals surface area contributed by atoms with Crippen molar-refractivity contribution >= 4 is 40.8 Å². The molecule has 1 N–H and O–H groups in total. The third-order valence-corrected chi connectivity index (χ3v) is 4.55.